The number of nitrogens with one attached hydrogen (secondary N) is 1. The van der Waals surface area contributed by atoms with E-state index in [1.165, 1.54) is 4.31 Å². The number of piperazine rings is 1. The van der Waals surface area contributed by atoms with Crippen LogP contribution < -0.4 is 5.73 Å². The van der Waals surface area contributed by atoms with Crippen LogP contribution in [0.1, 0.15) is 15.9 Å². The summed E-state index contributed by atoms with van der Waals surface area (Å²) in [6, 6.07) is 18.7. The Morgan fingerprint density at radius 3 is 2.41 bits per heavy atom. The van der Waals surface area contributed by atoms with Gasteiger partial charge in [-0.3, -0.25) is 4.79 Å². The number of imidazole rings is 1. The number of nitrogens with two attached hydrogens (primary N) is 1. The molecule has 2 heterocycles. The molecule has 0 atom stereocenters. The van der Waals surface area contributed by atoms with Crippen molar-refractivity contribution in [3.8, 4) is 11.3 Å². The van der Waals surface area contributed by atoms with Crippen molar-refractivity contribution in [2.24, 2.45) is 0 Å². The second-order valence-corrected chi connectivity index (χ2v) is 11.3. The molecule has 0 unspecified atom stereocenters. The number of benzene rings is 3. The summed E-state index contributed by atoms with van der Waals surface area (Å²) in [6.07, 6.45) is 5.12. The van der Waals surface area contributed by atoms with E-state index in [-0.39, 0.29) is 24.7 Å². The number of rotatable bonds is 6. The molecule has 1 saturated heterocycles. The predicted molar refractivity (Wildman–Crippen MR) is 148 cm³/mol. The SMILES string of the molecule is Nc1ncc(-c2ccc(C(=O)N3CCN(S(=O)(=O)CC=Cc4ccc5cc(Cl)ccc5c4)CC3)cc2)[nH]1. The number of sulfonamides is 1. The molecule has 3 aromatic carbocycles. The Bertz CT molecular complexity index is 1570. The minimum absolute atomic E-state index is 0.0980. The van der Waals surface area contributed by atoms with Gasteiger partial charge in [-0.1, -0.05) is 54.1 Å². The van der Waals surface area contributed by atoms with E-state index in [2.05, 4.69) is 9.97 Å². The molecule has 10 heteroatoms. The van der Waals surface area contributed by atoms with Crippen LogP contribution in [0.2, 0.25) is 5.02 Å². The van der Waals surface area contributed by atoms with Gasteiger partial charge in [0.1, 0.15) is 0 Å². The standard InChI is InChI=1S/C27H26ClN5O3S/c28-24-10-9-22-16-19(3-4-23(22)17-24)2-1-15-37(35,36)33-13-11-32(12-14-33)26(34)21-7-5-20(6-8-21)25-18-30-27(29)31-25/h1-10,16-18H,11-15H2,(H3,29,30,31). The first-order valence-electron chi connectivity index (χ1n) is 11.8. The van der Waals surface area contributed by atoms with Crippen LogP contribution in [0.15, 0.2) is 72.9 Å². The number of amides is 1. The highest BCUT2D eigenvalue weighted by Crippen LogP contribution is 2.22. The van der Waals surface area contributed by atoms with Crippen molar-refractivity contribution in [3.63, 3.8) is 0 Å². The largest absolute Gasteiger partial charge is 0.369 e. The molecule has 4 aromatic rings. The molecule has 1 aliphatic rings. The lowest BCUT2D eigenvalue weighted by molar-refractivity contribution is 0.0698. The van der Waals surface area contributed by atoms with Crippen molar-refractivity contribution in [3.05, 3.63) is 89.1 Å². The van der Waals surface area contributed by atoms with Crippen LogP contribution in [-0.4, -0.2) is 65.4 Å². The first-order chi connectivity index (χ1) is 17.8. The van der Waals surface area contributed by atoms with Crippen LogP contribution >= 0.6 is 11.6 Å². The van der Waals surface area contributed by atoms with Gasteiger partial charge in [-0.15, -0.1) is 0 Å². The fourth-order valence-corrected chi connectivity index (χ4v) is 5.83. The lowest BCUT2D eigenvalue weighted by Gasteiger charge is -2.33. The van der Waals surface area contributed by atoms with Gasteiger partial charge in [0.25, 0.3) is 5.91 Å². The Balaban J connectivity index is 1.16. The molecule has 1 aromatic heterocycles. The molecule has 1 amide bonds. The number of aromatic amines is 1. The maximum absolute atomic E-state index is 12.9. The van der Waals surface area contributed by atoms with E-state index < -0.39 is 10.0 Å². The summed E-state index contributed by atoms with van der Waals surface area (Å²) < 4.78 is 27.2. The van der Waals surface area contributed by atoms with Crippen LogP contribution in [-0.2, 0) is 10.0 Å². The topological polar surface area (TPSA) is 112 Å². The molecule has 190 valence electrons. The molecule has 3 N–H and O–H groups in total. The van der Waals surface area contributed by atoms with E-state index in [4.69, 9.17) is 17.3 Å². The number of nitrogens with zero attached hydrogens (tertiary/aromatic N) is 3. The number of hydrogen-bond acceptors (Lipinski definition) is 5. The molecule has 0 aliphatic carbocycles. The molecular formula is C27H26ClN5O3S. The van der Waals surface area contributed by atoms with E-state index >= 15 is 0 Å². The van der Waals surface area contributed by atoms with E-state index in [0.29, 0.717) is 29.6 Å². The number of carbonyl (C=O) groups is 1. The maximum Gasteiger partial charge on any atom is 0.253 e. The molecule has 0 spiro atoms. The molecule has 0 bridgehead atoms. The van der Waals surface area contributed by atoms with Gasteiger partial charge in [-0.2, -0.15) is 4.31 Å². The fourth-order valence-electron chi connectivity index (χ4n) is 4.38. The van der Waals surface area contributed by atoms with E-state index in [9.17, 15) is 13.2 Å². The van der Waals surface area contributed by atoms with Crippen molar-refractivity contribution >= 4 is 50.3 Å². The van der Waals surface area contributed by atoms with Gasteiger partial charge in [-0.05, 0) is 52.2 Å². The number of halogens is 1. The van der Waals surface area contributed by atoms with Crippen LogP contribution in [0.5, 0.6) is 0 Å². The van der Waals surface area contributed by atoms with Crippen molar-refractivity contribution in [2.75, 3.05) is 37.7 Å². The quantitative estimate of drug-likeness (QED) is 0.383. The highest BCUT2D eigenvalue weighted by Gasteiger charge is 2.28. The molecule has 0 saturated carbocycles. The number of hydrogen-bond donors (Lipinski definition) is 2. The smallest absolute Gasteiger partial charge is 0.253 e. The monoisotopic (exact) mass is 535 g/mol. The second kappa shape index (κ2) is 10.4. The third-order valence-electron chi connectivity index (χ3n) is 6.40. The normalized spacial score (nSPS) is 15.0. The number of carbonyl (C=O) groups excluding carboxylic acids is 1. The average Bonchev–Trinajstić information content (AvgIpc) is 3.34. The Hall–Kier alpha value is -3.66. The fraction of sp³-hybridized carbons (Fsp3) is 0.185. The van der Waals surface area contributed by atoms with Gasteiger partial charge < -0.3 is 15.6 Å². The third-order valence-corrected chi connectivity index (χ3v) is 8.40. The van der Waals surface area contributed by atoms with Gasteiger partial charge in [0.05, 0.1) is 17.6 Å². The minimum atomic E-state index is -3.48. The van der Waals surface area contributed by atoms with E-state index in [0.717, 1.165) is 27.6 Å². The van der Waals surface area contributed by atoms with Crippen molar-refractivity contribution in [1.82, 2.24) is 19.2 Å². The number of aromatic nitrogens is 2. The molecule has 1 fully saturated rings. The Morgan fingerprint density at radius 1 is 1.00 bits per heavy atom. The van der Waals surface area contributed by atoms with Gasteiger partial charge in [0.15, 0.2) is 5.95 Å². The zero-order chi connectivity index (χ0) is 26.0. The lowest BCUT2D eigenvalue weighted by atomic mass is 10.1. The molecule has 8 nitrogen and oxygen atoms in total. The number of H-pyrrole nitrogens is 1. The number of anilines is 1. The van der Waals surface area contributed by atoms with E-state index in [1.807, 2.05) is 54.6 Å². The maximum atomic E-state index is 12.9. The summed E-state index contributed by atoms with van der Waals surface area (Å²) >= 11 is 6.04. The summed E-state index contributed by atoms with van der Waals surface area (Å²) in [5, 5.41) is 2.75. The minimum Gasteiger partial charge on any atom is -0.369 e. The Labute approximate surface area is 220 Å². The van der Waals surface area contributed by atoms with E-state index in [1.54, 1.807) is 29.3 Å². The van der Waals surface area contributed by atoms with Crippen LogP contribution in [0.4, 0.5) is 5.95 Å². The first-order valence-corrected chi connectivity index (χ1v) is 13.8. The molecule has 5 rings (SSSR count). The Kier molecular flexibility index (Phi) is 7.01. The van der Waals surface area contributed by atoms with Crippen molar-refractivity contribution in [1.29, 1.82) is 0 Å². The van der Waals surface area contributed by atoms with Crippen LogP contribution in [0.3, 0.4) is 0 Å². The number of fused-ring (bicyclic) bond motifs is 1. The summed E-state index contributed by atoms with van der Waals surface area (Å²) in [7, 11) is -3.48. The highest BCUT2D eigenvalue weighted by molar-refractivity contribution is 7.89. The van der Waals surface area contributed by atoms with Crippen LogP contribution in [0.25, 0.3) is 28.1 Å². The van der Waals surface area contributed by atoms with Crippen molar-refractivity contribution in [2.45, 2.75) is 0 Å². The van der Waals surface area contributed by atoms with Gasteiger partial charge in [-0.25, -0.2) is 13.4 Å². The molecular weight excluding hydrogens is 510 g/mol. The molecule has 1 aliphatic heterocycles. The van der Waals surface area contributed by atoms with Crippen molar-refractivity contribution < 1.29 is 13.2 Å². The molecule has 37 heavy (non-hydrogen) atoms. The predicted octanol–water partition coefficient (Wildman–Crippen LogP) is 4.27. The second-order valence-electron chi connectivity index (χ2n) is 8.88. The summed E-state index contributed by atoms with van der Waals surface area (Å²) in [6.45, 7) is 1.22. The van der Waals surface area contributed by atoms with Crippen LogP contribution in [0, 0.1) is 0 Å². The first kappa shape index (κ1) is 25.0. The number of nitrogen functional groups attached to an aromatic ring is 1. The lowest BCUT2D eigenvalue weighted by Crippen LogP contribution is -2.50. The third kappa shape index (κ3) is 5.69. The average molecular weight is 536 g/mol. The zero-order valence-corrected chi connectivity index (χ0v) is 21.5. The summed E-state index contributed by atoms with van der Waals surface area (Å²) in [5.41, 5.74) is 8.74. The van der Waals surface area contributed by atoms with Gasteiger partial charge in [0, 0.05) is 36.8 Å². The summed E-state index contributed by atoms with van der Waals surface area (Å²) in [4.78, 5) is 21.6. The van der Waals surface area contributed by atoms with Gasteiger partial charge >= 0.3 is 0 Å². The highest BCUT2D eigenvalue weighted by atomic mass is 35.5. The van der Waals surface area contributed by atoms with Gasteiger partial charge in [0.2, 0.25) is 10.0 Å². The Morgan fingerprint density at radius 2 is 1.70 bits per heavy atom. The molecule has 0 radical (unpaired) electrons. The zero-order valence-electron chi connectivity index (χ0n) is 20.0. The summed E-state index contributed by atoms with van der Waals surface area (Å²) in [5.74, 6) is 0.113.